The summed E-state index contributed by atoms with van der Waals surface area (Å²) in [6.45, 7) is 1.69. The van der Waals surface area contributed by atoms with E-state index in [-0.39, 0.29) is 5.92 Å². The first-order valence-electron chi connectivity index (χ1n) is 6.93. The van der Waals surface area contributed by atoms with E-state index in [4.69, 9.17) is 4.52 Å². The Morgan fingerprint density at radius 2 is 2.24 bits per heavy atom. The average Bonchev–Trinajstić information content (AvgIpc) is 3.15. The molecule has 1 aliphatic heterocycles. The van der Waals surface area contributed by atoms with Gasteiger partial charge in [0, 0.05) is 32.5 Å². The molecule has 0 fully saturated rings. The second kappa shape index (κ2) is 4.82. The summed E-state index contributed by atoms with van der Waals surface area (Å²) in [5.74, 6) is 1.96. The SMILES string of the molecule is Cn1ccnc1-c1noc(C2CNCc3ccccc32)n1. The van der Waals surface area contributed by atoms with Gasteiger partial charge in [-0.3, -0.25) is 0 Å². The van der Waals surface area contributed by atoms with Crippen LogP contribution in [0.2, 0.25) is 0 Å². The summed E-state index contributed by atoms with van der Waals surface area (Å²) >= 11 is 0. The minimum Gasteiger partial charge on any atom is -0.338 e. The molecule has 1 atom stereocenters. The van der Waals surface area contributed by atoms with Gasteiger partial charge < -0.3 is 14.4 Å². The zero-order chi connectivity index (χ0) is 14.2. The molecule has 0 spiro atoms. The molecule has 106 valence electrons. The van der Waals surface area contributed by atoms with Crippen molar-refractivity contribution in [1.82, 2.24) is 25.0 Å². The molecule has 6 nitrogen and oxygen atoms in total. The van der Waals surface area contributed by atoms with Gasteiger partial charge >= 0.3 is 0 Å². The van der Waals surface area contributed by atoms with Crippen LogP contribution in [-0.2, 0) is 13.6 Å². The molecule has 2 aromatic heterocycles. The largest absolute Gasteiger partial charge is 0.338 e. The van der Waals surface area contributed by atoms with Gasteiger partial charge in [-0.05, 0) is 11.1 Å². The molecule has 0 saturated carbocycles. The van der Waals surface area contributed by atoms with Crippen LogP contribution in [0.4, 0.5) is 0 Å². The van der Waals surface area contributed by atoms with Crippen molar-refractivity contribution < 1.29 is 4.52 Å². The molecule has 4 rings (SSSR count). The molecule has 0 bridgehead atoms. The van der Waals surface area contributed by atoms with Gasteiger partial charge in [-0.15, -0.1) is 0 Å². The minimum atomic E-state index is 0.0940. The fourth-order valence-electron chi connectivity index (χ4n) is 2.77. The van der Waals surface area contributed by atoms with E-state index in [2.05, 4.69) is 38.6 Å². The highest BCUT2D eigenvalue weighted by molar-refractivity contribution is 5.43. The maximum Gasteiger partial charge on any atom is 0.238 e. The van der Waals surface area contributed by atoms with Gasteiger partial charge in [0.05, 0.1) is 5.92 Å². The van der Waals surface area contributed by atoms with Crippen LogP contribution in [0, 0.1) is 0 Å². The van der Waals surface area contributed by atoms with Crippen molar-refractivity contribution >= 4 is 0 Å². The predicted octanol–water partition coefficient (Wildman–Crippen LogP) is 1.71. The lowest BCUT2D eigenvalue weighted by Crippen LogP contribution is -2.28. The van der Waals surface area contributed by atoms with Crippen LogP contribution in [0.3, 0.4) is 0 Å². The maximum absolute atomic E-state index is 5.49. The Kier molecular flexibility index (Phi) is 2.82. The number of fused-ring (bicyclic) bond motifs is 1. The van der Waals surface area contributed by atoms with E-state index in [0.29, 0.717) is 17.5 Å². The smallest absolute Gasteiger partial charge is 0.238 e. The molecule has 1 N–H and O–H groups in total. The van der Waals surface area contributed by atoms with Crippen LogP contribution < -0.4 is 5.32 Å². The number of aromatic nitrogens is 4. The number of rotatable bonds is 2. The molecule has 1 unspecified atom stereocenters. The summed E-state index contributed by atoms with van der Waals surface area (Å²) in [5.41, 5.74) is 2.54. The van der Waals surface area contributed by atoms with E-state index < -0.39 is 0 Å². The Labute approximate surface area is 121 Å². The number of nitrogens with zero attached hydrogens (tertiary/aromatic N) is 4. The summed E-state index contributed by atoms with van der Waals surface area (Å²) < 4.78 is 7.36. The van der Waals surface area contributed by atoms with E-state index in [0.717, 1.165) is 13.1 Å². The lowest BCUT2D eigenvalue weighted by molar-refractivity contribution is 0.356. The fraction of sp³-hybridized carbons (Fsp3) is 0.267. The second-order valence-corrected chi connectivity index (χ2v) is 5.20. The number of hydrogen-bond acceptors (Lipinski definition) is 5. The molecule has 6 heteroatoms. The number of aryl methyl sites for hydroxylation is 1. The molecule has 0 amide bonds. The number of hydrogen-bond donors (Lipinski definition) is 1. The lowest BCUT2D eigenvalue weighted by atomic mass is 9.91. The van der Waals surface area contributed by atoms with Gasteiger partial charge in [0.25, 0.3) is 0 Å². The van der Waals surface area contributed by atoms with Gasteiger partial charge in [-0.1, -0.05) is 29.4 Å². The Balaban J connectivity index is 1.73. The summed E-state index contributed by atoms with van der Waals surface area (Å²) in [7, 11) is 1.91. The topological polar surface area (TPSA) is 68.8 Å². The van der Waals surface area contributed by atoms with Crippen LogP contribution in [0.15, 0.2) is 41.2 Å². The third kappa shape index (κ3) is 2.04. The normalized spacial score (nSPS) is 17.7. The van der Waals surface area contributed by atoms with Crippen LogP contribution >= 0.6 is 0 Å². The summed E-state index contributed by atoms with van der Waals surface area (Å²) in [6, 6.07) is 8.36. The second-order valence-electron chi connectivity index (χ2n) is 5.20. The van der Waals surface area contributed by atoms with Crippen LogP contribution in [0.1, 0.15) is 22.9 Å². The first-order valence-corrected chi connectivity index (χ1v) is 6.93. The standard InChI is InChI=1S/C15H15N5O/c1-20-7-6-17-14(20)13-18-15(21-19-13)12-9-16-8-10-4-2-3-5-11(10)12/h2-7,12,16H,8-9H2,1H3. The molecule has 3 heterocycles. The fourth-order valence-corrected chi connectivity index (χ4v) is 2.77. The molecular formula is C15H15N5O. The zero-order valence-electron chi connectivity index (χ0n) is 11.7. The Morgan fingerprint density at radius 1 is 1.33 bits per heavy atom. The van der Waals surface area contributed by atoms with Crippen molar-refractivity contribution in [1.29, 1.82) is 0 Å². The van der Waals surface area contributed by atoms with E-state index in [1.54, 1.807) is 6.20 Å². The Morgan fingerprint density at radius 3 is 3.10 bits per heavy atom. The molecule has 0 aliphatic carbocycles. The number of nitrogens with one attached hydrogen (secondary N) is 1. The van der Waals surface area contributed by atoms with E-state index in [9.17, 15) is 0 Å². The molecule has 0 saturated heterocycles. The minimum absolute atomic E-state index is 0.0940. The van der Waals surface area contributed by atoms with Gasteiger partial charge in [0.1, 0.15) is 0 Å². The van der Waals surface area contributed by atoms with Crippen molar-refractivity contribution in [3.05, 3.63) is 53.7 Å². The monoisotopic (exact) mass is 281 g/mol. The van der Waals surface area contributed by atoms with Crippen LogP contribution in [0.25, 0.3) is 11.6 Å². The maximum atomic E-state index is 5.49. The quantitative estimate of drug-likeness (QED) is 0.774. The van der Waals surface area contributed by atoms with E-state index >= 15 is 0 Å². The molecule has 21 heavy (non-hydrogen) atoms. The number of imidazole rings is 1. The first-order chi connectivity index (χ1) is 10.3. The van der Waals surface area contributed by atoms with E-state index in [1.165, 1.54) is 11.1 Å². The summed E-state index contributed by atoms with van der Waals surface area (Å²) in [6.07, 6.45) is 3.59. The van der Waals surface area contributed by atoms with Crippen molar-refractivity contribution in [2.45, 2.75) is 12.5 Å². The van der Waals surface area contributed by atoms with Crippen molar-refractivity contribution in [3.63, 3.8) is 0 Å². The van der Waals surface area contributed by atoms with Gasteiger partial charge in [-0.25, -0.2) is 4.98 Å². The molecule has 0 radical (unpaired) electrons. The van der Waals surface area contributed by atoms with Gasteiger partial charge in [0.15, 0.2) is 5.82 Å². The van der Waals surface area contributed by atoms with Crippen molar-refractivity contribution in [3.8, 4) is 11.6 Å². The zero-order valence-corrected chi connectivity index (χ0v) is 11.7. The molecule has 1 aromatic carbocycles. The van der Waals surface area contributed by atoms with E-state index in [1.807, 2.05) is 23.9 Å². The third-order valence-corrected chi connectivity index (χ3v) is 3.86. The predicted molar refractivity (Wildman–Crippen MR) is 76.5 cm³/mol. The molecule has 3 aromatic rings. The molecular weight excluding hydrogens is 266 g/mol. The van der Waals surface area contributed by atoms with Crippen LogP contribution in [0.5, 0.6) is 0 Å². The summed E-state index contributed by atoms with van der Waals surface area (Å²) in [5, 5.41) is 7.47. The average molecular weight is 281 g/mol. The summed E-state index contributed by atoms with van der Waals surface area (Å²) in [4.78, 5) is 8.79. The van der Waals surface area contributed by atoms with Gasteiger partial charge in [0.2, 0.25) is 11.7 Å². The lowest BCUT2D eigenvalue weighted by Gasteiger charge is -2.23. The van der Waals surface area contributed by atoms with Crippen LogP contribution in [-0.4, -0.2) is 26.2 Å². The highest BCUT2D eigenvalue weighted by atomic mass is 16.5. The highest BCUT2D eigenvalue weighted by Crippen LogP contribution is 2.29. The highest BCUT2D eigenvalue weighted by Gasteiger charge is 2.26. The van der Waals surface area contributed by atoms with Gasteiger partial charge in [-0.2, -0.15) is 4.98 Å². The van der Waals surface area contributed by atoms with Crippen molar-refractivity contribution in [2.75, 3.05) is 6.54 Å². The molecule has 1 aliphatic rings. The third-order valence-electron chi connectivity index (χ3n) is 3.86. The Bertz CT molecular complexity index is 776. The van der Waals surface area contributed by atoms with Crippen molar-refractivity contribution in [2.24, 2.45) is 7.05 Å². The first kappa shape index (κ1) is 12.3. The number of benzene rings is 1. The Hall–Kier alpha value is -2.47.